The van der Waals surface area contributed by atoms with Crippen LogP contribution in [0.3, 0.4) is 0 Å². The number of Topliss-reactive ketones (excluding diaryl/α,β-unsaturated/α-hetero) is 1. The van der Waals surface area contributed by atoms with E-state index in [1.165, 1.54) is 25.3 Å². The smallest absolute Gasteiger partial charge is 0.311 e. The van der Waals surface area contributed by atoms with Gasteiger partial charge in [-0.25, -0.2) is 0 Å². The summed E-state index contributed by atoms with van der Waals surface area (Å²) in [6, 6.07) is 4.14. The van der Waals surface area contributed by atoms with Crippen LogP contribution in [0, 0.1) is 10.1 Å². The maximum absolute atomic E-state index is 11.5. The summed E-state index contributed by atoms with van der Waals surface area (Å²) in [5, 5.41) is 13.4. The minimum Gasteiger partial charge on any atom is -0.490 e. The lowest BCUT2D eigenvalue weighted by Crippen LogP contribution is -2.18. The Hall–Kier alpha value is -1.95. The topological polar surface area (TPSA) is 81.5 Å². The first-order valence-corrected chi connectivity index (χ1v) is 4.60. The van der Waals surface area contributed by atoms with Crippen LogP contribution in [-0.4, -0.2) is 31.4 Å². The van der Waals surface area contributed by atoms with Gasteiger partial charge >= 0.3 is 5.69 Å². The van der Waals surface area contributed by atoms with Crippen LogP contribution in [0.2, 0.25) is 0 Å². The molecule has 0 unspecified atom stereocenters. The number of ether oxygens (including phenoxy) is 1. The van der Waals surface area contributed by atoms with E-state index in [2.05, 4.69) is 5.32 Å². The second-order valence-corrected chi connectivity index (χ2v) is 3.10. The first-order valence-electron chi connectivity index (χ1n) is 4.60. The number of benzene rings is 1. The highest BCUT2D eigenvalue weighted by Gasteiger charge is 2.17. The van der Waals surface area contributed by atoms with E-state index in [1.54, 1.807) is 7.05 Å². The molecule has 0 atom stereocenters. The van der Waals surface area contributed by atoms with E-state index < -0.39 is 4.92 Å². The lowest BCUT2D eigenvalue weighted by Gasteiger charge is -2.04. The van der Waals surface area contributed by atoms with Gasteiger partial charge in [0.15, 0.2) is 11.5 Å². The Bertz CT molecular complexity index is 417. The number of hydrogen-bond donors (Lipinski definition) is 1. The average molecular weight is 224 g/mol. The van der Waals surface area contributed by atoms with Gasteiger partial charge in [0.25, 0.3) is 0 Å². The zero-order valence-corrected chi connectivity index (χ0v) is 9.02. The van der Waals surface area contributed by atoms with Crippen LogP contribution in [-0.2, 0) is 0 Å². The fourth-order valence-electron chi connectivity index (χ4n) is 1.27. The normalized spacial score (nSPS) is 9.88. The molecule has 0 amide bonds. The van der Waals surface area contributed by atoms with E-state index in [0.717, 1.165) is 0 Å². The van der Waals surface area contributed by atoms with Crippen LogP contribution in [0.4, 0.5) is 5.69 Å². The van der Waals surface area contributed by atoms with E-state index in [-0.39, 0.29) is 23.8 Å². The fourth-order valence-corrected chi connectivity index (χ4v) is 1.27. The maximum atomic E-state index is 11.5. The molecule has 1 N–H and O–H groups in total. The van der Waals surface area contributed by atoms with Crippen LogP contribution in [0.5, 0.6) is 5.75 Å². The van der Waals surface area contributed by atoms with Gasteiger partial charge in [-0.15, -0.1) is 0 Å². The Labute approximate surface area is 92.4 Å². The van der Waals surface area contributed by atoms with Gasteiger partial charge < -0.3 is 10.1 Å². The van der Waals surface area contributed by atoms with Gasteiger partial charge in [0.2, 0.25) is 0 Å². The minimum atomic E-state index is -0.574. The van der Waals surface area contributed by atoms with Gasteiger partial charge in [-0.2, -0.15) is 0 Å². The molecule has 0 fully saturated rings. The highest BCUT2D eigenvalue weighted by molar-refractivity contribution is 5.98. The molecule has 86 valence electrons. The molecule has 16 heavy (non-hydrogen) atoms. The molecule has 0 saturated heterocycles. The Morgan fingerprint density at radius 1 is 1.56 bits per heavy atom. The summed E-state index contributed by atoms with van der Waals surface area (Å²) >= 11 is 0. The lowest BCUT2D eigenvalue weighted by molar-refractivity contribution is -0.385. The molecule has 0 saturated carbocycles. The van der Waals surface area contributed by atoms with E-state index in [9.17, 15) is 14.9 Å². The Morgan fingerprint density at radius 3 is 2.75 bits per heavy atom. The number of nitrogens with one attached hydrogen (secondary N) is 1. The summed E-state index contributed by atoms with van der Waals surface area (Å²) in [4.78, 5) is 21.6. The number of nitro groups is 1. The summed E-state index contributed by atoms with van der Waals surface area (Å²) in [5.74, 6) is -0.0562. The van der Waals surface area contributed by atoms with Crippen molar-refractivity contribution in [3.8, 4) is 5.75 Å². The van der Waals surface area contributed by atoms with Crippen LogP contribution >= 0.6 is 0 Å². The largest absolute Gasteiger partial charge is 0.490 e. The van der Waals surface area contributed by atoms with E-state index >= 15 is 0 Å². The first kappa shape index (κ1) is 12.1. The number of nitrogens with zero attached hydrogens (tertiary/aromatic N) is 1. The summed E-state index contributed by atoms with van der Waals surface area (Å²) in [7, 11) is 2.98. The number of rotatable bonds is 5. The van der Waals surface area contributed by atoms with Gasteiger partial charge in [-0.05, 0) is 19.2 Å². The average Bonchev–Trinajstić information content (AvgIpc) is 2.28. The fraction of sp³-hybridized carbons (Fsp3) is 0.300. The Balaban J connectivity index is 3.11. The molecule has 0 radical (unpaired) electrons. The van der Waals surface area contributed by atoms with Crippen LogP contribution in [0.1, 0.15) is 10.4 Å². The molecule has 6 nitrogen and oxygen atoms in total. The number of hydrogen-bond acceptors (Lipinski definition) is 5. The highest BCUT2D eigenvalue weighted by atomic mass is 16.6. The predicted octanol–water partition coefficient (Wildman–Crippen LogP) is 1.01. The summed E-state index contributed by atoms with van der Waals surface area (Å²) in [5.41, 5.74) is 0.0892. The number of methoxy groups -OCH3 is 1. The standard InChI is InChI=1S/C10H12N2O4/c1-11-6-9(13)7-3-4-10(16-2)8(5-7)12(14)15/h3-5,11H,6H2,1-2H3. The predicted molar refractivity (Wildman–Crippen MR) is 57.9 cm³/mol. The van der Waals surface area contributed by atoms with Crippen molar-refractivity contribution in [3.05, 3.63) is 33.9 Å². The lowest BCUT2D eigenvalue weighted by atomic mass is 10.1. The number of ketones is 1. The molecular formula is C10H12N2O4. The van der Waals surface area contributed by atoms with Crippen LogP contribution in [0.15, 0.2) is 18.2 Å². The van der Waals surface area contributed by atoms with Crippen molar-refractivity contribution >= 4 is 11.5 Å². The third-order valence-corrected chi connectivity index (χ3v) is 2.03. The number of likely N-dealkylation sites (N-methyl/N-ethyl adjacent to an activating group) is 1. The molecule has 1 aromatic rings. The molecule has 0 bridgehead atoms. The van der Waals surface area contributed by atoms with E-state index in [0.29, 0.717) is 5.56 Å². The Kier molecular flexibility index (Phi) is 3.96. The summed E-state index contributed by atoms with van der Waals surface area (Å²) in [6.07, 6.45) is 0. The molecule has 0 aliphatic heterocycles. The highest BCUT2D eigenvalue weighted by Crippen LogP contribution is 2.27. The van der Waals surface area contributed by atoms with Gasteiger partial charge in [0.1, 0.15) is 0 Å². The third kappa shape index (κ3) is 2.54. The van der Waals surface area contributed by atoms with Gasteiger partial charge in [0.05, 0.1) is 18.6 Å². The quantitative estimate of drug-likeness (QED) is 0.458. The van der Waals surface area contributed by atoms with Crippen molar-refractivity contribution in [1.29, 1.82) is 0 Å². The van der Waals surface area contributed by atoms with Gasteiger partial charge in [-0.1, -0.05) is 0 Å². The van der Waals surface area contributed by atoms with Crippen molar-refractivity contribution in [3.63, 3.8) is 0 Å². The maximum Gasteiger partial charge on any atom is 0.311 e. The van der Waals surface area contributed by atoms with E-state index in [1.807, 2.05) is 0 Å². The third-order valence-electron chi connectivity index (χ3n) is 2.03. The zero-order valence-electron chi connectivity index (χ0n) is 9.02. The SMILES string of the molecule is CNCC(=O)c1ccc(OC)c([N+](=O)[O-])c1. The van der Waals surface area contributed by atoms with Gasteiger partial charge in [-0.3, -0.25) is 14.9 Å². The molecule has 0 heterocycles. The molecule has 1 aromatic carbocycles. The molecule has 6 heteroatoms. The van der Waals surface area contributed by atoms with E-state index in [4.69, 9.17) is 4.74 Å². The van der Waals surface area contributed by atoms with Crippen molar-refractivity contribution < 1.29 is 14.5 Å². The molecule has 1 rings (SSSR count). The van der Waals surface area contributed by atoms with Crippen molar-refractivity contribution in [2.75, 3.05) is 20.7 Å². The van der Waals surface area contributed by atoms with Crippen LogP contribution < -0.4 is 10.1 Å². The van der Waals surface area contributed by atoms with Crippen molar-refractivity contribution in [2.24, 2.45) is 0 Å². The first-order chi connectivity index (χ1) is 7.60. The minimum absolute atomic E-state index is 0.142. The molecule has 0 aliphatic carbocycles. The molecule has 0 spiro atoms. The molecule has 0 aliphatic rings. The molecular weight excluding hydrogens is 212 g/mol. The number of carbonyl (C=O) groups excluding carboxylic acids is 1. The zero-order chi connectivity index (χ0) is 12.1. The van der Waals surface area contributed by atoms with Gasteiger partial charge in [0, 0.05) is 11.6 Å². The second kappa shape index (κ2) is 5.22. The summed E-state index contributed by atoms with van der Waals surface area (Å²) < 4.78 is 4.83. The van der Waals surface area contributed by atoms with Crippen molar-refractivity contribution in [2.45, 2.75) is 0 Å². The number of nitro benzene ring substituents is 1. The Morgan fingerprint density at radius 2 is 2.25 bits per heavy atom. The summed E-state index contributed by atoms with van der Waals surface area (Å²) in [6.45, 7) is 0.142. The monoisotopic (exact) mass is 224 g/mol. The number of carbonyl (C=O) groups is 1. The molecule has 0 aromatic heterocycles. The van der Waals surface area contributed by atoms with Crippen molar-refractivity contribution in [1.82, 2.24) is 5.32 Å². The second-order valence-electron chi connectivity index (χ2n) is 3.10. The van der Waals surface area contributed by atoms with Crippen LogP contribution in [0.25, 0.3) is 0 Å².